The molecule has 0 radical (unpaired) electrons. The van der Waals surface area contributed by atoms with Crippen LogP contribution in [0.25, 0.3) is 0 Å². The zero-order valence-electron chi connectivity index (χ0n) is 13.6. The number of nitrogens with two attached hydrogens (primary N) is 1. The minimum atomic E-state index is -0.290. The Morgan fingerprint density at radius 1 is 1.15 bits per heavy atom. The molecule has 1 heterocycles. The molecule has 3 unspecified atom stereocenters. The number of ether oxygens (including phenoxy) is 1. The van der Waals surface area contributed by atoms with Gasteiger partial charge in [0.25, 0.3) is 0 Å². The maximum atomic E-state index is 12.9. The van der Waals surface area contributed by atoms with Gasteiger partial charge in [-0.05, 0) is 52.9 Å². The Morgan fingerprint density at radius 3 is 2.25 bits per heavy atom. The van der Waals surface area contributed by atoms with Gasteiger partial charge in [-0.2, -0.15) is 0 Å². The molecule has 2 rings (SSSR count). The molecule has 2 aliphatic rings. The van der Waals surface area contributed by atoms with Crippen LogP contribution in [0.2, 0.25) is 0 Å². The molecule has 2 fully saturated rings. The van der Waals surface area contributed by atoms with Gasteiger partial charge in [0.1, 0.15) is 0 Å². The lowest BCUT2D eigenvalue weighted by atomic mass is 9.78. The van der Waals surface area contributed by atoms with Crippen LogP contribution >= 0.6 is 0 Å². The molecule has 4 nitrogen and oxygen atoms in total. The quantitative estimate of drug-likeness (QED) is 0.802. The summed E-state index contributed by atoms with van der Waals surface area (Å²) >= 11 is 0. The average molecular weight is 282 g/mol. The van der Waals surface area contributed by atoms with Crippen LogP contribution < -0.4 is 5.73 Å². The molecule has 0 spiro atoms. The molecule has 0 bridgehead atoms. The lowest BCUT2D eigenvalue weighted by Gasteiger charge is -2.48. The molecular formula is C16H30N2O2. The summed E-state index contributed by atoms with van der Waals surface area (Å²) in [6.45, 7) is 11.8. The summed E-state index contributed by atoms with van der Waals surface area (Å²) in [7, 11) is 0. The number of nitrogens with zero attached hydrogens (tertiary/aromatic N) is 1. The molecule has 4 heteroatoms. The summed E-state index contributed by atoms with van der Waals surface area (Å²) in [6.07, 6.45) is 3.04. The van der Waals surface area contributed by atoms with E-state index in [0.29, 0.717) is 19.0 Å². The van der Waals surface area contributed by atoms with Crippen LogP contribution in [0.15, 0.2) is 0 Å². The maximum absolute atomic E-state index is 12.9. The Bertz CT molecular complexity index is 363. The smallest absolute Gasteiger partial charge is 0.227 e. The van der Waals surface area contributed by atoms with Crippen molar-refractivity contribution < 1.29 is 9.53 Å². The Hall–Kier alpha value is -0.610. The van der Waals surface area contributed by atoms with Gasteiger partial charge in [-0.1, -0.05) is 6.92 Å². The fraction of sp³-hybridized carbons (Fsp3) is 0.938. The molecule has 1 aliphatic carbocycles. The van der Waals surface area contributed by atoms with Gasteiger partial charge in [0.2, 0.25) is 5.91 Å². The first-order valence-corrected chi connectivity index (χ1v) is 7.84. The van der Waals surface area contributed by atoms with Crippen molar-refractivity contribution in [3.05, 3.63) is 0 Å². The molecule has 0 aromatic carbocycles. The first-order valence-electron chi connectivity index (χ1n) is 7.84. The Balaban J connectivity index is 2.11. The van der Waals surface area contributed by atoms with Crippen LogP contribution in [0, 0.1) is 11.8 Å². The molecule has 1 aliphatic heterocycles. The van der Waals surface area contributed by atoms with Crippen molar-refractivity contribution >= 4 is 5.91 Å². The van der Waals surface area contributed by atoms with E-state index in [4.69, 9.17) is 10.5 Å². The lowest BCUT2D eigenvalue weighted by Crippen LogP contribution is -2.61. The van der Waals surface area contributed by atoms with E-state index >= 15 is 0 Å². The highest BCUT2D eigenvalue weighted by Crippen LogP contribution is 2.33. The zero-order valence-corrected chi connectivity index (χ0v) is 13.6. The minimum Gasteiger partial charge on any atom is -0.366 e. The molecule has 1 saturated heterocycles. The minimum absolute atomic E-state index is 0.0107. The third-order valence-corrected chi connectivity index (χ3v) is 4.49. The first kappa shape index (κ1) is 15.8. The third kappa shape index (κ3) is 3.53. The Labute approximate surface area is 123 Å². The molecule has 3 atom stereocenters. The molecule has 116 valence electrons. The first-order chi connectivity index (χ1) is 9.10. The number of rotatable bonds is 1. The van der Waals surface area contributed by atoms with Crippen LogP contribution in [0.1, 0.15) is 53.9 Å². The van der Waals surface area contributed by atoms with Crippen LogP contribution in [0.5, 0.6) is 0 Å². The number of carbonyl (C=O) groups excluding carboxylic acids is 1. The lowest BCUT2D eigenvalue weighted by molar-refractivity contribution is -0.191. The fourth-order valence-electron chi connectivity index (χ4n) is 3.87. The van der Waals surface area contributed by atoms with Gasteiger partial charge in [-0.25, -0.2) is 0 Å². The normalized spacial score (nSPS) is 36.7. The SMILES string of the molecule is CC1CCC(N)C(C(=O)N2CC(C)(C)OC(C)(C)C2)C1. The molecule has 1 saturated carbocycles. The zero-order chi connectivity index (χ0) is 15.1. The van der Waals surface area contributed by atoms with Gasteiger partial charge in [-0.3, -0.25) is 4.79 Å². The molecule has 0 aromatic heterocycles. The van der Waals surface area contributed by atoms with Crippen molar-refractivity contribution in [3.8, 4) is 0 Å². The molecule has 0 aromatic rings. The third-order valence-electron chi connectivity index (χ3n) is 4.49. The van der Waals surface area contributed by atoms with Gasteiger partial charge >= 0.3 is 0 Å². The summed E-state index contributed by atoms with van der Waals surface area (Å²) in [6, 6.07) is 0.0211. The standard InChI is InChI=1S/C16H30N2O2/c1-11-6-7-13(17)12(8-11)14(19)18-9-15(2,3)20-16(4,5)10-18/h11-13H,6-10,17H2,1-5H3. The highest BCUT2D eigenvalue weighted by atomic mass is 16.5. The van der Waals surface area contributed by atoms with E-state index in [1.165, 1.54) is 0 Å². The number of morpholine rings is 1. The molecule has 1 amide bonds. The highest BCUT2D eigenvalue weighted by Gasteiger charge is 2.43. The van der Waals surface area contributed by atoms with E-state index < -0.39 is 0 Å². The molecule has 2 N–H and O–H groups in total. The van der Waals surface area contributed by atoms with Crippen LogP contribution in [0.4, 0.5) is 0 Å². The van der Waals surface area contributed by atoms with E-state index in [-0.39, 0.29) is 29.1 Å². The van der Waals surface area contributed by atoms with Crippen molar-refractivity contribution in [1.29, 1.82) is 0 Å². The average Bonchev–Trinajstić information content (AvgIpc) is 2.27. The summed E-state index contributed by atoms with van der Waals surface area (Å²) in [5.74, 6) is 0.822. The van der Waals surface area contributed by atoms with Crippen LogP contribution in [0.3, 0.4) is 0 Å². The Kier molecular flexibility index (Phi) is 4.18. The summed E-state index contributed by atoms with van der Waals surface area (Å²) in [4.78, 5) is 14.9. The number of hydrogen-bond donors (Lipinski definition) is 1. The monoisotopic (exact) mass is 282 g/mol. The van der Waals surface area contributed by atoms with Gasteiger partial charge in [0.15, 0.2) is 0 Å². The van der Waals surface area contributed by atoms with Crippen molar-refractivity contribution in [2.45, 2.75) is 71.1 Å². The molecule has 20 heavy (non-hydrogen) atoms. The van der Waals surface area contributed by atoms with Gasteiger partial charge in [-0.15, -0.1) is 0 Å². The fourth-order valence-corrected chi connectivity index (χ4v) is 3.87. The van der Waals surface area contributed by atoms with Crippen molar-refractivity contribution in [3.63, 3.8) is 0 Å². The maximum Gasteiger partial charge on any atom is 0.227 e. The van der Waals surface area contributed by atoms with E-state index in [2.05, 4.69) is 34.6 Å². The van der Waals surface area contributed by atoms with E-state index in [0.717, 1.165) is 19.3 Å². The van der Waals surface area contributed by atoms with Crippen molar-refractivity contribution in [2.24, 2.45) is 17.6 Å². The molecular weight excluding hydrogens is 252 g/mol. The predicted molar refractivity (Wildman–Crippen MR) is 80.3 cm³/mol. The highest BCUT2D eigenvalue weighted by molar-refractivity contribution is 5.80. The van der Waals surface area contributed by atoms with Gasteiger partial charge in [0.05, 0.1) is 17.1 Å². The van der Waals surface area contributed by atoms with Crippen molar-refractivity contribution in [1.82, 2.24) is 4.90 Å². The predicted octanol–water partition coefficient (Wildman–Crippen LogP) is 2.17. The van der Waals surface area contributed by atoms with Gasteiger partial charge in [0, 0.05) is 19.1 Å². The van der Waals surface area contributed by atoms with E-state index in [1.807, 2.05) is 4.90 Å². The number of hydrogen-bond acceptors (Lipinski definition) is 3. The summed E-state index contributed by atoms with van der Waals surface area (Å²) < 4.78 is 6.05. The number of carbonyl (C=O) groups is 1. The van der Waals surface area contributed by atoms with Gasteiger partial charge < -0.3 is 15.4 Å². The topological polar surface area (TPSA) is 55.6 Å². The van der Waals surface area contributed by atoms with E-state index in [9.17, 15) is 4.79 Å². The van der Waals surface area contributed by atoms with E-state index in [1.54, 1.807) is 0 Å². The second-order valence-corrected chi connectivity index (χ2v) is 8.00. The van der Waals surface area contributed by atoms with Crippen LogP contribution in [-0.2, 0) is 9.53 Å². The second-order valence-electron chi connectivity index (χ2n) is 8.00. The summed E-state index contributed by atoms with van der Waals surface area (Å²) in [5.41, 5.74) is 5.63. The largest absolute Gasteiger partial charge is 0.366 e. The second kappa shape index (κ2) is 5.30. The summed E-state index contributed by atoms with van der Waals surface area (Å²) in [5, 5.41) is 0. The van der Waals surface area contributed by atoms with Crippen LogP contribution in [-0.4, -0.2) is 41.1 Å². The number of amides is 1. The van der Waals surface area contributed by atoms with Crippen molar-refractivity contribution in [2.75, 3.05) is 13.1 Å². The Morgan fingerprint density at radius 2 is 1.70 bits per heavy atom.